The second-order valence-corrected chi connectivity index (χ2v) is 11.0. The van der Waals surface area contributed by atoms with Crippen molar-refractivity contribution in [1.82, 2.24) is 9.80 Å². The highest BCUT2D eigenvalue weighted by atomic mass is 19.1. The molecule has 2 aliphatic heterocycles. The molecule has 2 unspecified atom stereocenters. The second kappa shape index (κ2) is 7.45. The summed E-state index contributed by atoms with van der Waals surface area (Å²) in [5.74, 6) is -3.88. The maximum atomic E-state index is 14.9. The lowest BCUT2D eigenvalue weighted by molar-refractivity contribution is -0.155. The molecule has 0 spiro atoms. The lowest BCUT2D eigenvalue weighted by atomic mass is 9.80. The lowest BCUT2D eigenvalue weighted by Gasteiger charge is -2.35. The van der Waals surface area contributed by atoms with Crippen LogP contribution >= 0.6 is 0 Å². The number of carboxylic acids is 2. The first-order valence-corrected chi connectivity index (χ1v) is 10.9. The van der Waals surface area contributed by atoms with Crippen LogP contribution in [-0.2, 0) is 19.2 Å². The van der Waals surface area contributed by atoms with Gasteiger partial charge in [-0.25, -0.2) is 14.0 Å². The fourth-order valence-electron chi connectivity index (χ4n) is 5.29. The zero-order chi connectivity index (χ0) is 23.5. The number of hydrogen-bond acceptors (Lipinski definition) is 4. The number of carbonyl (C=O) groups excluding carboxylic acids is 2. The maximum absolute atomic E-state index is 14.9. The SMILES string of the molecule is CC(C)(C)C(=O)N1C[C@@H](F)[C@@H](CCC(C)(C)C(=O)N2CCC3CC32C(=O)O)[C@H]1C(=O)O. The van der Waals surface area contributed by atoms with Crippen molar-refractivity contribution in [3.05, 3.63) is 0 Å². The van der Waals surface area contributed by atoms with Crippen molar-refractivity contribution < 1.29 is 33.8 Å². The van der Waals surface area contributed by atoms with E-state index in [9.17, 15) is 33.8 Å². The summed E-state index contributed by atoms with van der Waals surface area (Å²) < 4.78 is 14.9. The Kier molecular flexibility index (Phi) is 5.64. The summed E-state index contributed by atoms with van der Waals surface area (Å²) in [4.78, 5) is 52.1. The van der Waals surface area contributed by atoms with Gasteiger partial charge in [0.1, 0.15) is 17.8 Å². The van der Waals surface area contributed by atoms with Crippen LogP contribution in [0.25, 0.3) is 0 Å². The van der Waals surface area contributed by atoms with Gasteiger partial charge in [0.25, 0.3) is 0 Å². The van der Waals surface area contributed by atoms with Crippen LogP contribution in [0.4, 0.5) is 4.39 Å². The summed E-state index contributed by atoms with van der Waals surface area (Å²) in [6, 6.07) is -1.28. The quantitative estimate of drug-likeness (QED) is 0.654. The van der Waals surface area contributed by atoms with Crippen LogP contribution in [0.1, 0.15) is 60.3 Å². The van der Waals surface area contributed by atoms with Crippen LogP contribution in [0.15, 0.2) is 0 Å². The number of rotatable bonds is 6. The summed E-state index contributed by atoms with van der Waals surface area (Å²) in [6.07, 6.45) is -0.0567. The first-order chi connectivity index (χ1) is 14.1. The predicted molar refractivity (Wildman–Crippen MR) is 109 cm³/mol. The summed E-state index contributed by atoms with van der Waals surface area (Å²) in [7, 11) is 0. The smallest absolute Gasteiger partial charge is 0.329 e. The molecule has 1 aliphatic carbocycles. The van der Waals surface area contributed by atoms with Gasteiger partial charge in [0.2, 0.25) is 11.8 Å². The van der Waals surface area contributed by atoms with E-state index in [1.807, 2.05) is 0 Å². The van der Waals surface area contributed by atoms with E-state index < -0.39 is 52.3 Å². The van der Waals surface area contributed by atoms with Crippen molar-refractivity contribution in [3.8, 4) is 0 Å². The van der Waals surface area contributed by atoms with Gasteiger partial charge in [0, 0.05) is 23.3 Å². The van der Waals surface area contributed by atoms with Gasteiger partial charge in [0.15, 0.2) is 0 Å². The summed E-state index contributed by atoms with van der Waals surface area (Å²) >= 11 is 0. The Morgan fingerprint density at radius 1 is 1.06 bits per heavy atom. The molecule has 2 amide bonds. The monoisotopic (exact) mass is 440 g/mol. The van der Waals surface area contributed by atoms with Gasteiger partial charge in [0.05, 0.1) is 6.54 Å². The van der Waals surface area contributed by atoms with E-state index in [-0.39, 0.29) is 31.2 Å². The number of carboxylic acid groups (broad SMARTS) is 2. The van der Waals surface area contributed by atoms with Gasteiger partial charge in [-0.2, -0.15) is 0 Å². The number of halogens is 1. The number of fused-ring (bicyclic) bond motifs is 1. The van der Waals surface area contributed by atoms with Crippen molar-refractivity contribution in [2.45, 2.75) is 78.1 Å². The predicted octanol–water partition coefficient (Wildman–Crippen LogP) is 2.16. The van der Waals surface area contributed by atoms with Crippen LogP contribution in [0.3, 0.4) is 0 Å². The van der Waals surface area contributed by atoms with E-state index in [4.69, 9.17) is 0 Å². The largest absolute Gasteiger partial charge is 0.480 e. The Hall–Kier alpha value is -2.19. The first-order valence-electron chi connectivity index (χ1n) is 10.9. The van der Waals surface area contributed by atoms with Crippen molar-refractivity contribution in [1.29, 1.82) is 0 Å². The number of carbonyl (C=O) groups is 4. The molecule has 3 rings (SSSR count). The Morgan fingerprint density at radius 3 is 2.16 bits per heavy atom. The molecule has 2 saturated heterocycles. The van der Waals surface area contributed by atoms with E-state index >= 15 is 0 Å². The fraction of sp³-hybridized carbons (Fsp3) is 0.818. The normalized spacial score (nSPS) is 32.7. The average molecular weight is 441 g/mol. The second-order valence-electron chi connectivity index (χ2n) is 11.0. The molecule has 0 bridgehead atoms. The van der Waals surface area contributed by atoms with Crippen LogP contribution in [0, 0.1) is 22.7 Å². The molecule has 5 atom stereocenters. The molecule has 9 heteroatoms. The molecule has 0 aromatic rings. The Morgan fingerprint density at radius 2 is 1.68 bits per heavy atom. The highest BCUT2D eigenvalue weighted by Gasteiger charge is 2.69. The zero-order valence-electron chi connectivity index (χ0n) is 18.9. The number of amides is 2. The lowest BCUT2D eigenvalue weighted by Crippen LogP contribution is -2.50. The third-order valence-electron chi connectivity index (χ3n) is 7.29. The minimum atomic E-state index is -1.50. The molecule has 3 aliphatic rings. The van der Waals surface area contributed by atoms with Crippen molar-refractivity contribution in [3.63, 3.8) is 0 Å². The van der Waals surface area contributed by atoms with Gasteiger partial charge in [-0.3, -0.25) is 9.59 Å². The molecule has 3 fully saturated rings. The van der Waals surface area contributed by atoms with Crippen LogP contribution in [0.2, 0.25) is 0 Å². The Bertz CT molecular complexity index is 806. The molecule has 2 N–H and O–H groups in total. The van der Waals surface area contributed by atoms with Gasteiger partial charge in [-0.1, -0.05) is 34.6 Å². The number of aliphatic carboxylic acids is 2. The van der Waals surface area contributed by atoms with Gasteiger partial charge in [-0.15, -0.1) is 0 Å². The first kappa shape index (κ1) is 23.5. The van der Waals surface area contributed by atoms with Gasteiger partial charge >= 0.3 is 11.9 Å². The molecule has 8 nitrogen and oxygen atoms in total. The third kappa shape index (κ3) is 3.80. The van der Waals surface area contributed by atoms with Crippen LogP contribution in [0.5, 0.6) is 0 Å². The Balaban J connectivity index is 1.73. The van der Waals surface area contributed by atoms with Crippen LogP contribution in [-0.4, -0.2) is 74.6 Å². The molecule has 0 aromatic carbocycles. The van der Waals surface area contributed by atoms with Crippen molar-refractivity contribution in [2.24, 2.45) is 22.7 Å². The molecular weight excluding hydrogens is 407 g/mol. The molecule has 0 radical (unpaired) electrons. The average Bonchev–Trinajstić information content (AvgIpc) is 3.12. The molecule has 174 valence electrons. The Labute approximate surface area is 181 Å². The standard InChI is InChI=1S/C22H33FN2O6/c1-20(2,3)17(28)24-11-14(23)13(15(24)16(26)27)6-8-21(4,5)18(29)25-9-7-12-10-22(12,25)19(30)31/h12-15H,6-11H2,1-5H3,(H,26,27)(H,30,31)/t12?,13-,14-,15+,22?/m1/s1. The highest BCUT2D eigenvalue weighted by molar-refractivity contribution is 5.93. The fourth-order valence-corrected chi connectivity index (χ4v) is 5.29. The summed E-state index contributed by atoms with van der Waals surface area (Å²) in [5.41, 5.74) is -2.91. The topological polar surface area (TPSA) is 115 Å². The number of likely N-dealkylation sites (tertiary alicyclic amines) is 2. The van der Waals surface area contributed by atoms with Gasteiger partial charge in [-0.05, 0) is 31.6 Å². The molecule has 1 saturated carbocycles. The number of hydrogen-bond donors (Lipinski definition) is 2. The summed E-state index contributed by atoms with van der Waals surface area (Å²) in [5, 5.41) is 19.4. The minimum absolute atomic E-state index is 0.0110. The maximum Gasteiger partial charge on any atom is 0.329 e. The molecule has 0 aromatic heterocycles. The zero-order valence-corrected chi connectivity index (χ0v) is 18.9. The molecular formula is C22H33FN2O6. The van der Waals surface area contributed by atoms with E-state index in [0.29, 0.717) is 19.4 Å². The number of nitrogens with zero attached hydrogens (tertiary/aromatic N) is 2. The van der Waals surface area contributed by atoms with Gasteiger partial charge < -0.3 is 20.0 Å². The van der Waals surface area contributed by atoms with E-state index in [1.54, 1.807) is 34.6 Å². The van der Waals surface area contributed by atoms with Crippen molar-refractivity contribution >= 4 is 23.8 Å². The number of alkyl halides is 1. The molecule has 2 heterocycles. The van der Waals surface area contributed by atoms with Crippen LogP contribution < -0.4 is 0 Å². The molecule has 31 heavy (non-hydrogen) atoms. The van der Waals surface area contributed by atoms with E-state index in [0.717, 1.165) is 4.90 Å². The van der Waals surface area contributed by atoms with E-state index in [1.165, 1.54) is 4.90 Å². The minimum Gasteiger partial charge on any atom is -0.480 e. The number of piperidine rings is 1. The van der Waals surface area contributed by atoms with Crippen molar-refractivity contribution in [2.75, 3.05) is 13.1 Å². The summed E-state index contributed by atoms with van der Waals surface area (Å²) in [6.45, 7) is 8.48. The highest BCUT2D eigenvalue weighted by Crippen LogP contribution is 2.57. The third-order valence-corrected chi connectivity index (χ3v) is 7.29. The van der Waals surface area contributed by atoms with E-state index in [2.05, 4.69) is 0 Å².